The van der Waals surface area contributed by atoms with Crippen molar-refractivity contribution in [3.05, 3.63) is 28.5 Å². The van der Waals surface area contributed by atoms with Crippen molar-refractivity contribution in [1.82, 2.24) is 0 Å². The highest BCUT2D eigenvalue weighted by Crippen LogP contribution is 2.31. The molecule has 0 heterocycles. The van der Waals surface area contributed by atoms with E-state index in [0.29, 0.717) is 9.72 Å². The largest absolute Gasteiger partial charge is 0.206 e. The van der Waals surface area contributed by atoms with E-state index in [9.17, 15) is 4.39 Å². The lowest BCUT2D eigenvalue weighted by Gasteiger charge is -2.06. The van der Waals surface area contributed by atoms with Gasteiger partial charge in [0.15, 0.2) is 0 Å². The van der Waals surface area contributed by atoms with Gasteiger partial charge in [0.2, 0.25) is 0 Å². The van der Waals surface area contributed by atoms with E-state index in [1.54, 1.807) is 17.8 Å². The van der Waals surface area contributed by atoms with Crippen LogP contribution >= 0.6 is 27.7 Å². The Morgan fingerprint density at radius 2 is 2.08 bits per heavy atom. The first-order valence-corrected chi connectivity index (χ1v) is 5.39. The topological polar surface area (TPSA) is 0 Å². The molecule has 0 unspecified atom stereocenters. The molecule has 1 rings (SSSR count). The Kier molecular flexibility index (Phi) is 3.59. The Balaban J connectivity index is 2.92. The lowest BCUT2D eigenvalue weighted by atomic mass is 10.3. The normalized spacial score (nSPS) is 10.8. The number of thioether (sulfide) groups is 1. The summed E-state index contributed by atoms with van der Waals surface area (Å²) in [6, 6.07) is 5.09. The summed E-state index contributed by atoms with van der Waals surface area (Å²) in [7, 11) is 0. The van der Waals surface area contributed by atoms with Crippen molar-refractivity contribution in [2.45, 2.75) is 24.0 Å². The van der Waals surface area contributed by atoms with Crippen LogP contribution in [0.15, 0.2) is 27.6 Å². The molecule has 0 fully saturated rings. The van der Waals surface area contributed by atoms with Gasteiger partial charge in [0.25, 0.3) is 0 Å². The zero-order valence-electron chi connectivity index (χ0n) is 6.97. The average molecular weight is 249 g/mol. The average Bonchev–Trinajstić information content (AvgIpc) is 1.98. The van der Waals surface area contributed by atoms with E-state index in [0.717, 1.165) is 4.90 Å². The van der Waals surface area contributed by atoms with Gasteiger partial charge in [-0.05, 0) is 28.1 Å². The second-order valence-electron chi connectivity index (χ2n) is 2.72. The maximum Gasteiger partial charge on any atom is 0.138 e. The van der Waals surface area contributed by atoms with Crippen LogP contribution in [-0.4, -0.2) is 5.25 Å². The number of hydrogen-bond donors (Lipinski definition) is 0. The minimum atomic E-state index is -0.194. The molecule has 0 saturated carbocycles. The molecule has 0 N–H and O–H groups in total. The highest BCUT2D eigenvalue weighted by Gasteiger charge is 2.06. The van der Waals surface area contributed by atoms with Crippen LogP contribution in [0.2, 0.25) is 0 Å². The molecule has 0 aliphatic rings. The second kappa shape index (κ2) is 4.28. The van der Waals surface area contributed by atoms with Crippen molar-refractivity contribution in [3.63, 3.8) is 0 Å². The first kappa shape index (κ1) is 10.1. The SMILES string of the molecule is CC(C)Sc1cccc(F)c1Br. The summed E-state index contributed by atoms with van der Waals surface area (Å²) in [5.74, 6) is -0.194. The maximum atomic E-state index is 13.0. The fraction of sp³-hybridized carbons (Fsp3) is 0.333. The van der Waals surface area contributed by atoms with Gasteiger partial charge in [0.05, 0.1) is 4.47 Å². The van der Waals surface area contributed by atoms with Gasteiger partial charge >= 0.3 is 0 Å². The van der Waals surface area contributed by atoms with Gasteiger partial charge in [-0.3, -0.25) is 0 Å². The van der Waals surface area contributed by atoms with Crippen LogP contribution in [0.1, 0.15) is 13.8 Å². The number of halogens is 2. The molecule has 0 spiro atoms. The van der Waals surface area contributed by atoms with E-state index in [-0.39, 0.29) is 5.82 Å². The van der Waals surface area contributed by atoms with Crippen molar-refractivity contribution >= 4 is 27.7 Å². The minimum Gasteiger partial charge on any atom is -0.206 e. The Bertz CT molecular complexity index is 273. The van der Waals surface area contributed by atoms with Gasteiger partial charge in [-0.1, -0.05) is 19.9 Å². The monoisotopic (exact) mass is 248 g/mol. The van der Waals surface area contributed by atoms with Crippen LogP contribution in [0.3, 0.4) is 0 Å². The Morgan fingerprint density at radius 1 is 1.42 bits per heavy atom. The van der Waals surface area contributed by atoms with Crippen LogP contribution < -0.4 is 0 Å². The van der Waals surface area contributed by atoms with E-state index in [2.05, 4.69) is 29.8 Å². The summed E-state index contributed by atoms with van der Waals surface area (Å²) < 4.78 is 13.5. The third-order valence-corrected chi connectivity index (χ3v) is 3.41. The van der Waals surface area contributed by atoms with Crippen molar-refractivity contribution in [2.75, 3.05) is 0 Å². The number of rotatable bonds is 2. The minimum absolute atomic E-state index is 0.194. The molecule has 0 bridgehead atoms. The van der Waals surface area contributed by atoms with E-state index < -0.39 is 0 Å². The van der Waals surface area contributed by atoms with Gasteiger partial charge in [-0.2, -0.15) is 0 Å². The Labute approximate surface area is 84.7 Å². The predicted molar refractivity (Wildman–Crippen MR) is 55.1 cm³/mol. The summed E-state index contributed by atoms with van der Waals surface area (Å²) in [5, 5.41) is 0.475. The number of hydrogen-bond acceptors (Lipinski definition) is 1. The predicted octanol–water partition coefficient (Wildman–Crippen LogP) is 4.09. The van der Waals surface area contributed by atoms with Crippen LogP contribution in [0, 0.1) is 5.82 Å². The Hall–Kier alpha value is -0.0200. The van der Waals surface area contributed by atoms with Crippen LogP contribution in [0.4, 0.5) is 4.39 Å². The van der Waals surface area contributed by atoms with E-state index in [1.165, 1.54) is 6.07 Å². The van der Waals surface area contributed by atoms with E-state index in [4.69, 9.17) is 0 Å². The van der Waals surface area contributed by atoms with Crippen LogP contribution in [0.5, 0.6) is 0 Å². The second-order valence-corrected chi connectivity index (χ2v) is 5.13. The van der Waals surface area contributed by atoms with E-state index in [1.807, 2.05) is 6.07 Å². The lowest BCUT2D eigenvalue weighted by molar-refractivity contribution is 0.616. The molecule has 1 aromatic carbocycles. The highest BCUT2D eigenvalue weighted by atomic mass is 79.9. The Morgan fingerprint density at radius 3 is 2.67 bits per heavy atom. The molecule has 0 aliphatic heterocycles. The quantitative estimate of drug-likeness (QED) is 0.711. The van der Waals surface area contributed by atoms with E-state index >= 15 is 0 Å². The smallest absolute Gasteiger partial charge is 0.138 e. The van der Waals surface area contributed by atoms with Gasteiger partial charge in [0, 0.05) is 10.1 Å². The number of benzene rings is 1. The molecule has 66 valence electrons. The van der Waals surface area contributed by atoms with Crippen molar-refractivity contribution in [3.8, 4) is 0 Å². The zero-order chi connectivity index (χ0) is 9.14. The molecule has 0 aromatic heterocycles. The first-order valence-electron chi connectivity index (χ1n) is 3.72. The van der Waals surface area contributed by atoms with Gasteiger partial charge in [-0.15, -0.1) is 11.8 Å². The maximum absolute atomic E-state index is 13.0. The van der Waals surface area contributed by atoms with Gasteiger partial charge < -0.3 is 0 Å². The molecule has 0 nitrogen and oxygen atoms in total. The molecule has 0 saturated heterocycles. The molecule has 0 radical (unpaired) electrons. The van der Waals surface area contributed by atoms with Crippen molar-refractivity contribution in [1.29, 1.82) is 0 Å². The summed E-state index contributed by atoms with van der Waals surface area (Å²) in [4.78, 5) is 0.963. The zero-order valence-corrected chi connectivity index (χ0v) is 9.38. The first-order chi connectivity index (χ1) is 5.61. The van der Waals surface area contributed by atoms with Crippen molar-refractivity contribution in [2.24, 2.45) is 0 Å². The lowest BCUT2D eigenvalue weighted by Crippen LogP contribution is -1.88. The summed E-state index contributed by atoms with van der Waals surface area (Å²) in [6.07, 6.45) is 0. The third kappa shape index (κ3) is 2.49. The molecule has 3 heteroatoms. The van der Waals surface area contributed by atoms with Gasteiger partial charge in [-0.25, -0.2) is 4.39 Å². The molecule has 0 amide bonds. The van der Waals surface area contributed by atoms with Crippen LogP contribution in [0.25, 0.3) is 0 Å². The van der Waals surface area contributed by atoms with Crippen LogP contribution in [-0.2, 0) is 0 Å². The molecule has 0 aliphatic carbocycles. The fourth-order valence-corrected chi connectivity index (χ4v) is 2.24. The fourth-order valence-electron chi connectivity index (χ4n) is 0.829. The summed E-state index contributed by atoms with van der Waals surface area (Å²) >= 11 is 4.87. The standard InChI is InChI=1S/C9H10BrFS/c1-6(2)12-8-5-3-4-7(11)9(8)10/h3-6H,1-2H3. The molecule has 12 heavy (non-hydrogen) atoms. The highest BCUT2D eigenvalue weighted by molar-refractivity contribution is 9.10. The molecule has 0 atom stereocenters. The summed E-state index contributed by atoms with van der Waals surface area (Å²) in [5.41, 5.74) is 0. The molecular weight excluding hydrogens is 239 g/mol. The molecule has 1 aromatic rings. The molecular formula is C9H10BrFS. The van der Waals surface area contributed by atoms with Crippen molar-refractivity contribution < 1.29 is 4.39 Å². The third-order valence-electron chi connectivity index (χ3n) is 1.28. The summed E-state index contributed by atoms with van der Waals surface area (Å²) in [6.45, 7) is 4.17. The van der Waals surface area contributed by atoms with Gasteiger partial charge in [0.1, 0.15) is 5.82 Å².